The summed E-state index contributed by atoms with van der Waals surface area (Å²) >= 11 is 11.1. The molecule has 20 heavy (non-hydrogen) atoms. The Hall–Kier alpha value is -0.250. The highest BCUT2D eigenvalue weighted by Gasteiger charge is 2.32. The van der Waals surface area contributed by atoms with Crippen LogP contribution in [0.1, 0.15) is 11.8 Å². The summed E-state index contributed by atoms with van der Waals surface area (Å²) in [6, 6.07) is 1.78. The Labute approximate surface area is 134 Å². The van der Waals surface area contributed by atoms with Crippen LogP contribution in [0.25, 0.3) is 10.1 Å². The first-order valence-electron chi connectivity index (χ1n) is 5.61. The number of hydrogen-bond donors (Lipinski definition) is 2. The number of thiophene rings is 1. The van der Waals surface area contributed by atoms with Gasteiger partial charge in [-0.3, -0.25) is 0 Å². The van der Waals surface area contributed by atoms with E-state index in [0.29, 0.717) is 14.5 Å². The van der Waals surface area contributed by atoms with Gasteiger partial charge in [-0.1, -0.05) is 11.6 Å². The van der Waals surface area contributed by atoms with Crippen LogP contribution in [-0.4, -0.2) is 26.2 Å². The van der Waals surface area contributed by atoms with E-state index in [0.717, 1.165) is 10.1 Å². The van der Waals surface area contributed by atoms with Gasteiger partial charge in [-0.15, -0.1) is 11.3 Å². The number of hydrogen-bond acceptors (Lipinski definition) is 5. The molecule has 0 bridgehead atoms. The number of sulfonamides is 1. The Morgan fingerprint density at radius 3 is 2.80 bits per heavy atom. The summed E-state index contributed by atoms with van der Waals surface area (Å²) in [5.41, 5.74) is 5.10. The van der Waals surface area contributed by atoms with Crippen molar-refractivity contribution in [3.63, 3.8) is 0 Å². The molecular weight excluding hydrogens is 386 g/mol. The van der Waals surface area contributed by atoms with Crippen LogP contribution in [0.5, 0.6) is 0 Å². The summed E-state index contributed by atoms with van der Waals surface area (Å²) in [5.74, 6) is -0.242. The van der Waals surface area contributed by atoms with Crippen LogP contribution in [0.2, 0.25) is 5.02 Å². The lowest BCUT2D eigenvalue weighted by atomic mass is 10.0. The maximum atomic E-state index is 11.7. The predicted octanol–water partition coefficient (Wildman–Crippen LogP) is 2.44. The van der Waals surface area contributed by atoms with E-state index in [2.05, 4.69) is 25.6 Å². The van der Waals surface area contributed by atoms with Gasteiger partial charge < -0.3 is 5.73 Å². The maximum absolute atomic E-state index is 11.7. The third-order valence-electron chi connectivity index (χ3n) is 2.82. The van der Waals surface area contributed by atoms with Crippen molar-refractivity contribution in [1.82, 2.24) is 9.71 Å². The van der Waals surface area contributed by atoms with Crippen LogP contribution in [0, 0.1) is 0 Å². The van der Waals surface area contributed by atoms with Gasteiger partial charge in [-0.25, -0.2) is 18.1 Å². The molecule has 0 saturated heterocycles. The highest BCUT2D eigenvalue weighted by molar-refractivity contribution is 9.10. The lowest BCUT2D eigenvalue weighted by molar-refractivity contribution is 0.531. The van der Waals surface area contributed by atoms with Crippen molar-refractivity contribution in [2.24, 2.45) is 5.73 Å². The highest BCUT2D eigenvalue weighted by Crippen LogP contribution is 2.42. The van der Waals surface area contributed by atoms with Gasteiger partial charge in [0.05, 0.1) is 21.0 Å². The molecule has 0 fully saturated rings. The second-order valence-electron chi connectivity index (χ2n) is 4.60. The summed E-state index contributed by atoms with van der Waals surface area (Å²) in [6.07, 6.45) is 1.63. The van der Waals surface area contributed by atoms with Crippen LogP contribution >= 0.6 is 38.9 Å². The fourth-order valence-corrected chi connectivity index (χ4v) is 5.28. The molecule has 110 valence electrons. The molecule has 2 aromatic rings. The standard InChI is InChI=1S/C11H13BrClN3O2S2/c1-11(14,5-20(17,18)15-2)9-7(13)6-3-4-16-10(12)8(6)19-9/h3-4,15H,5,14H2,1-2H3. The molecule has 0 saturated carbocycles. The molecule has 9 heteroatoms. The fraction of sp³-hybridized carbons (Fsp3) is 0.364. The Balaban J connectivity index is 2.58. The van der Waals surface area contributed by atoms with E-state index < -0.39 is 15.6 Å². The summed E-state index contributed by atoms with van der Waals surface area (Å²) in [5, 5.41) is 1.29. The van der Waals surface area contributed by atoms with E-state index in [1.807, 2.05) is 0 Å². The number of pyridine rings is 1. The Morgan fingerprint density at radius 2 is 2.25 bits per heavy atom. The summed E-state index contributed by atoms with van der Waals surface area (Å²) < 4.78 is 27.2. The Bertz CT molecular complexity index is 758. The van der Waals surface area contributed by atoms with Crippen molar-refractivity contribution in [2.45, 2.75) is 12.5 Å². The fourth-order valence-electron chi connectivity index (χ4n) is 1.86. The van der Waals surface area contributed by atoms with E-state index in [-0.39, 0.29) is 5.75 Å². The first-order chi connectivity index (χ1) is 9.18. The molecule has 2 aromatic heterocycles. The molecule has 0 aliphatic carbocycles. The molecule has 0 aliphatic heterocycles. The number of nitrogens with one attached hydrogen (secondary N) is 1. The van der Waals surface area contributed by atoms with Crippen molar-refractivity contribution < 1.29 is 8.42 Å². The minimum absolute atomic E-state index is 0.242. The third kappa shape index (κ3) is 3.00. The first kappa shape index (κ1) is 16.1. The first-order valence-corrected chi connectivity index (χ1v) is 9.25. The van der Waals surface area contributed by atoms with Crippen molar-refractivity contribution in [1.29, 1.82) is 0 Å². The smallest absolute Gasteiger partial charge is 0.213 e. The van der Waals surface area contributed by atoms with Crippen molar-refractivity contribution >= 4 is 59.0 Å². The Morgan fingerprint density at radius 1 is 1.60 bits per heavy atom. The molecule has 1 unspecified atom stereocenters. The zero-order valence-electron chi connectivity index (χ0n) is 10.8. The second kappa shape index (κ2) is 5.51. The van der Waals surface area contributed by atoms with Gasteiger partial charge in [0.15, 0.2) is 0 Å². The van der Waals surface area contributed by atoms with E-state index in [4.69, 9.17) is 17.3 Å². The van der Waals surface area contributed by atoms with E-state index in [1.165, 1.54) is 18.4 Å². The third-order valence-corrected chi connectivity index (χ3v) is 7.28. The van der Waals surface area contributed by atoms with E-state index in [1.54, 1.807) is 19.2 Å². The maximum Gasteiger partial charge on any atom is 0.213 e. The number of rotatable bonds is 4. The van der Waals surface area contributed by atoms with Crippen LogP contribution in [-0.2, 0) is 15.6 Å². The number of halogens is 2. The van der Waals surface area contributed by atoms with Gasteiger partial charge in [0.1, 0.15) is 4.60 Å². The molecule has 0 amide bonds. The van der Waals surface area contributed by atoms with Crippen LogP contribution in [0.15, 0.2) is 16.9 Å². The molecule has 2 heterocycles. The van der Waals surface area contributed by atoms with Crippen molar-refractivity contribution in [3.8, 4) is 0 Å². The van der Waals surface area contributed by atoms with Gasteiger partial charge >= 0.3 is 0 Å². The van der Waals surface area contributed by atoms with Gasteiger partial charge in [-0.05, 0) is 36.0 Å². The number of aromatic nitrogens is 1. The normalized spacial score (nSPS) is 15.4. The van der Waals surface area contributed by atoms with Gasteiger partial charge in [0.25, 0.3) is 0 Å². The number of fused-ring (bicyclic) bond motifs is 1. The number of nitrogens with two attached hydrogens (primary N) is 1. The molecular formula is C11H13BrClN3O2S2. The summed E-state index contributed by atoms with van der Waals surface area (Å²) in [4.78, 5) is 4.76. The zero-order valence-corrected chi connectivity index (χ0v) is 14.8. The lowest BCUT2D eigenvalue weighted by Crippen LogP contribution is -2.43. The molecule has 0 aliphatic rings. The SMILES string of the molecule is CNS(=O)(=O)CC(C)(N)c1sc2c(Br)nccc2c1Cl. The minimum atomic E-state index is -3.44. The molecule has 0 spiro atoms. The van der Waals surface area contributed by atoms with Crippen LogP contribution in [0.4, 0.5) is 0 Å². The molecule has 0 radical (unpaired) electrons. The molecule has 2 rings (SSSR count). The van der Waals surface area contributed by atoms with Crippen LogP contribution in [0.3, 0.4) is 0 Å². The number of nitrogens with zero attached hydrogens (tertiary/aromatic N) is 1. The largest absolute Gasteiger partial charge is 0.320 e. The highest BCUT2D eigenvalue weighted by atomic mass is 79.9. The van der Waals surface area contributed by atoms with Gasteiger partial charge in [0, 0.05) is 16.5 Å². The van der Waals surface area contributed by atoms with Crippen molar-refractivity contribution in [3.05, 3.63) is 26.8 Å². The molecule has 1 atom stereocenters. The average molecular weight is 399 g/mol. The van der Waals surface area contributed by atoms with E-state index >= 15 is 0 Å². The quantitative estimate of drug-likeness (QED) is 0.775. The predicted molar refractivity (Wildman–Crippen MR) is 86.7 cm³/mol. The topological polar surface area (TPSA) is 85.1 Å². The van der Waals surface area contributed by atoms with Crippen molar-refractivity contribution in [2.75, 3.05) is 12.8 Å². The Kier molecular flexibility index (Phi) is 4.44. The van der Waals surface area contributed by atoms with Gasteiger partial charge in [0.2, 0.25) is 10.0 Å². The van der Waals surface area contributed by atoms with Crippen LogP contribution < -0.4 is 10.5 Å². The second-order valence-corrected chi connectivity index (χ2v) is 8.68. The minimum Gasteiger partial charge on any atom is -0.320 e. The molecule has 3 N–H and O–H groups in total. The zero-order chi connectivity index (χ0) is 15.1. The summed E-state index contributed by atoms with van der Waals surface area (Å²) in [7, 11) is -2.08. The van der Waals surface area contributed by atoms with Gasteiger partial charge in [-0.2, -0.15) is 0 Å². The monoisotopic (exact) mass is 397 g/mol. The summed E-state index contributed by atoms with van der Waals surface area (Å²) in [6.45, 7) is 1.65. The van der Waals surface area contributed by atoms with E-state index in [9.17, 15) is 8.42 Å². The lowest BCUT2D eigenvalue weighted by Gasteiger charge is -2.23. The molecule has 0 aromatic carbocycles. The molecule has 5 nitrogen and oxygen atoms in total. The average Bonchev–Trinajstić information content (AvgIpc) is 2.68.